The number of aryl methyl sites for hydroxylation is 1. The highest BCUT2D eigenvalue weighted by Gasteiger charge is 2.17. The summed E-state index contributed by atoms with van der Waals surface area (Å²) in [4.78, 5) is 36.5. The molecule has 0 fully saturated rings. The summed E-state index contributed by atoms with van der Waals surface area (Å²) in [5.74, 6) is -0.755. The van der Waals surface area contributed by atoms with Gasteiger partial charge >= 0.3 is 5.97 Å². The summed E-state index contributed by atoms with van der Waals surface area (Å²) in [6.45, 7) is 5.40. The molecule has 8 nitrogen and oxygen atoms in total. The number of aromatic nitrogens is 2. The summed E-state index contributed by atoms with van der Waals surface area (Å²) in [7, 11) is 0. The van der Waals surface area contributed by atoms with Crippen LogP contribution in [-0.4, -0.2) is 34.4 Å². The van der Waals surface area contributed by atoms with Gasteiger partial charge in [-0.3, -0.25) is 9.59 Å². The van der Waals surface area contributed by atoms with Gasteiger partial charge in [0, 0.05) is 22.8 Å². The molecule has 166 valence electrons. The summed E-state index contributed by atoms with van der Waals surface area (Å²) < 4.78 is 11.7. The molecule has 0 bridgehead atoms. The van der Waals surface area contributed by atoms with E-state index in [1.807, 2.05) is 6.92 Å². The molecular formula is C23H22ClN3O5. The minimum atomic E-state index is -0.904. The van der Waals surface area contributed by atoms with Gasteiger partial charge < -0.3 is 14.8 Å². The number of amides is 1. The molecule has 3 rings (SSSR count). The molecule has 1 atom stereocenters. The van der Waals surface area contributed by atoms with E-state index >= 15 is 0 Å². The Kier molecular flexibility index (Phi) is 7.27. The number of nitrogens with one attached hydrogen (secondary N) is 1. The second-order valence-corrected chi connectivity index (χ2v) is 7.34. The Morgan fingerprint density at radius 3 is 2.53 bits per heavy atom. The van der Waals surface area contributed by atoms with Crippen LogP contribution < -0.4 is 15.6 Å². The molecule has 1 amide bonds. The Morgan fingerprint density at radius 1 is 1.12 bits per heavy atom. The van der Waals surface area contributed by atoms with Crippen LogP contribution in [0.3, 0.4) is 0 Å². The van der Waals surface area contributed by atoms with Gasteiger partial charge in [0.2, 0.25) is 5.88 Å². The van der Waals surface area contributed by atoms with Gasteiger partial charge in [-0.2, -0.15) is 4.68 Å². The minimum Gasteiger partial charge on any atom is -0.463 e. The number of carbonyl (C=O) groups is 2. The van der Waals surface area contributed by atoms with Crippen LogP contribution in [0, 0.1) is 6.92 Å². The number of ether oxygens (including phenoxy) is 2. The first-order chi connectivity index (χ1) is 15.3. The Balaban J connectivity index is 1.71. The van der Waals surface area contributed by atoms with E-state index in [4.69, 9.17) is 21.1 Å². The zero-order valence-corrected chi connectivity index (χ0v) is 18.6. The number of anilines is 1. The van der Waals surface area contributed by atoms with Gasteiger partial charge in [-0.25, -0.2) is 4.79 Å². The minimum absolute atomic E-state index is 0.101. The molecule has 0 aliphatic carbocycles. The van der Waals surface area contributed by atoms with E-state index < -0.39 is 18.0 Å². The summed E-state index contributed by atoms with van der Waals surface area (Å²) in [5.41, 5.74) is 1.84. The van der Waals surface area contributed by atoms with Crippen LogP contribution in [0.5, 0.6) is 5.88 Å². The quantitative estimate of drug-likeness (QED) is 0.544. The topological polar surface area (TPSA) is 99.5 Å². The van der Waals surface area contributed by atoms with Crippen molar-refractivity contribution in [3.05, 3.63) is 81.1 Å². The third kappa shape index (κ3) is 5.53. The molecule has 1 unspecified atom stereocenters. The summed E-state index contributed by atoms with van der Waals surface area (Å²) in [5, 5.41) is 7.38. The van der Waals surface area contributed by atoms with Crippen molar-refractivity contribution in [3.63, 3.8) is 0 Å². The van der Waals surface area contributed by atoms with Crippen molar-refractivity contribution in [2.24, 2.45) is 0 Å². The highest BCUT2D eigenvalue weighted by Crippen LogP contribution is 2.19. The molecule has 32 heavy (non-hydrogen) atoms. The monoisotopic (exact) mass is 455 g/mol. The van der Waals surface area contributed by atoms with Crippen molar-refractivity contribution >= 4 is 29.2 Å². The predicted molar refractivity (Wildman–Crippen MR) is 121 cm³/mol. The molecular weight excluding hydrogens is 434 g/mol. The van der Waals surface area contributed by atoms with E-state index in [2.05, 4.69) is 10.4 Å². The molecule has 2 aromatic carbocycles. The first kappa shape index (κ1) is 23.0. The maximum atomic E-state index is 12.5. The standard InChI is InChI=1S/C23H22ClN3O5/c1-4-31-23(30)16-6-9-18(10-7-16)25-22(29)15(3)32-20-11-12-21(28)27(26-20)19-13-17(24)8-5-14(19)2/h5-13,15H,4H2,1-3H3,(H,25,29). The largest absolute Gasteiger partial charge is 0.463 e. The third-order valence-electron chi connectivity index (χ3n) is 4.51. The number of esters is 1. The normalized spacial score (nSPS) is 11.5. The smallest absolute Gasteiger partial charge is 0.338 e. The van der Waals surface area contributed by atoms with Crippen molar-refractivity contribution < 1.29 is 19.1 Å². The molecule has 0 saturated carbocycles. The van der Waals surface area contributed by atoms with Crippen LogP contribution in [0.15, 0.2) is 59.4 Å². The number of hydrogen-bond acceptors (Lipinski definition) is 6. The van der Waals surface area contributed by atoms with E-state index in [1.54, 1.807) is 56.3 Å². The van der Waals surface area contributed by atoms with Gasteiger partial charge in [0.05, 0.1) is 17.9 Å². The SMILES string of the molecule is CCOC(=O)c1ccc(NC(=O)C(C)Oc2ccc(=O)n(-c3cc(Cl)ccc3C)n2)cc1. The number of halogens is 1. The number of benzene rings is 2. The zero-order valence-electron chi connectivity index (χ0n) is 17.8. The van der Waals surface area contributed by atoms with Crippen molar-refractivity contribution in [2.45, 2.75) is 26.9 Å². The van der Waals surface area contributed by atoms with Crippen molar-refractivity contribution in [3.8, 4) is 11.6 Å². The molecule has 1 aromatic heterocycles. The Bertz CT molecular complexity index is 1190. The van der Waals surface area contributed by atoms with Crippen LogP contribution in [0.4, 0.5) is 5.69 Å². The number of carbonyl (C=O) groups excluding carboxylic acids is 2. The number of hydrogen-bond donors (Lipinski definition) is 1. The predicted octanol–water partition coefficient (Wildman–Crippen LogP) is 3.78. The summed E-state index contributed by atoms with van der Waals surface area (Å²) in [6.07, 6.45) is -0.904. The molecule has 0 radical (unpaired) electrons. The van der Waals surface area contributed by atoms with Crippen molar-refractivity contribution in [2.75, 3.05) is 11.9 Å². The molecule has 1 heterocycles. The van der Waals surface area contributed by atoms with E-state index in [9.17, 15) is 14.4 Å². The molecule has 3 aromatic rings. The van der Waals surface area contributed by atoms with Crippen LogP contribution in [0.2, 0.25) is 5.02 Å². The van der Waals surface area contributed by atoms with Gasteiger partial charge in [-0.1, -0.05) is 17.7 Å². The van der Waals surface area contributed by atoms with E-state index in [1.165, 1.54) is 16.8 Å². The number of rotatable bonds is 7. The fourth-order valence-electron chi connectivity index (χ4n) is 2.82. The zero-order chi connectivity index (χ0) is 23.3. The molecule has 0 spiro atoms. The van der Waals surface area contributed by atoms with Crippen LogP contribution in [0.25, 0.3) is 5.69 Å². The van der Waals surface area contributed by atoms with Crippen LogP contribution in [0.1, 0.15) is 29.8 Å². The lowest BCUT2D eigenvalue weighted by molar-refractivity contribution is -0.122. The van der Waals surface area contributed by atoms with E-state index in [0.717, 1.165) is 5.56 Å². The van der Waals surface area contributed by atoms with Crippen LogP contribution >= 0.6 is 11.6 Å². The van der Waals surface area contributed by atoms with E-state index in [-0.39, 0.29) is 18.0 Å². The highest BCUT2D eigenvalue weighted by atomic mass is 35.5. The summed E-state index contributed by atoms with van der Waals surface area (Å²) in [6, 6.07) is 14.1. The van der Waals surface area contributed by atoms with Crippen LogP contribution in [-0.2, 0) is 9.53 Å². The third-order valence-corrected chi connectivity index (χ3v) is 4.74. The fraction of sp³-hybridized carbons (Fsp3) is 0.217. The van der Waals surface area contributed by atoms with Gasteiger partial charge in [-0.15, -0.1) is 5.10 Å². The second-order valence-electron chi connectivity index (χ2n) is 6.90. The Labute approximate surface area is 189 Å². The molecule has 9 heteroatoms. The second kappa shape index (κ2) is 10.1. The fourth-order valence-corrected chi connectivity index (χ4v) is 2.99. The van der Waals surface area contributed by atoms with Gasteiger partial charge in [0.15, 0.2) is 6.10 Å². The first-order valence-corrected chi connectivity index (χ1v) is 10.3. The van der Waals surface area contributed by atoms with E-state index in [0.29, 0.717) is 22.0 Å². The van der Waals surface area contributed by atoms with Crippen molar-refractivity contribution in [1.82, 2.24) is 9.78 Å². The van der Waals surface area contributed by atoms with Gasteiger partial charge in [-0.05, 0) is 62.7 Å². The summed E-state index contributed by atoms with van der Waals surface area (Å²) >= 11 is 6.05. The lowest BCUT2D eigenvalue weighted by atomic mass is 10.2. The lowest BCUT2D eigenvalue weighted by Crippen LogP contribution is -2.31. The Morgan fingerprint density at radius 2 is 1.84 bits per heavy atom. The maximum Gasteiger partial charge on any atom is 0.338 e. The lowest BCUT2D eigenvalue weighted by Gasteiger charge is -2.15. The average molecular weight is 456 g/mol. The molecule has 1 N–H and O–H groups in total. The molecule has 0 aliphatic rings. The average Bonchev–Trinajstić information content (AvgIpc) is 2.77. The molecule has 0 saturated heterocycles. The Hall–Kier alpha value is -3.65. The maximum absolute atomic E-state index is 12.5. The van der Waals surface area contributed by atoms with Gasteiger partial charge in [0.1, 0.15) is 0 Å². The van der Waals surface area contributed by atoms with Gasteiger partial charge in [0.25, 0.3) is 11.5 Å². The number of nitrogens with zero attached hydrogens (tertiary/aromatic N) is 2. The van der Waals surface area contributed by atoms with Crippen molar-refractivity contribution in [1.29, 1.82) is 0 Å². The molecule has 0 aliphatic heterocycles. The first-order valence-electron chi connectivity index (χ1n) is 9.90. The highest BCUT2D eigenvalue weighted by molar-refractivity contribution is 6.30.